The SMILES string of the molecule is CCS[CH2][Sn+2][CH2]CCC(C)N. The summed E-state index contributed by atoms with van der Waals surface area (Å²) in [5.74, 6) is 1.30. The van der Waals surface area contributed by atoms with E-state index in [2.05, 4.69) is 25.6 Å². The second kappa shape index (κ2) is 9.20. The first-order valence-corrected chi connectivity index (χ1v) is 9.50. The molecule has 0 aliphatic heterocycles. The van der Waals surface area contributed by atoms with Crippen LogP contribution >= 0.6 is 11.8 Å². The van der Waals surface area contributed by atoms with Gasteiger partial charge in [0.05, 0.1) is 0 Å². The molecule has 2 N–H and O–H groups in total. The van der Waals surface area contributed by atoms with Crippen molar-refractivity contribution in [2.75, 3.05) is 9.52 Å². The van der Waals surface area contributed by atoms with E-state index in [1.165, 1.54) is 26.8 Å². The summed E-state index contributed by atoms with van der Waals surface area (Å²) in [6.07, 6.45) is 2.62. The first kappa shape index (κ1) is 12.1. The second-order valence-electron chi connectivity index (χ2n) is 2.76. The van der Waals surface area contributed by atoms with Gasteiger partial charge in [0.1, 0.15) is 0 Å². The molecule has 0 aromatic carbocycles. The van der Waals surface area contributed by atoms with Crippen molar-refractivity contribution in [1.82, 2.24) is 0 Å². The zero-order chi connectivity index (χ0) is 8.53. The molecule has 0 rings (SSSR count). The van der Waals surface area contributed by atoms with Gasteiger partial charge in [-0.25, -0.2) is 0 Å². The molecule has 11 heavy (non-hydrogen) atoms. The van der Waals surface area contributed by atoms with Gasteiger partial charge in [-0.15, -0.1) is 0 Å². The molecule has 0 saturated carbocycles. The van der Waals surface area contributed by atoms with Crippen molar-refractivity contribution < 1.29 is 0 Å². The molecule has 0 fully saturated rings. The zero-order valence-electron chi connectivity index (χ0n) is 7.60. The van der Waals surface area contributed by atoms with E-state index in [1.807, 2.05) is 0 Å². The molecular weight excluding hydrogens is 261 g/mol. The topological polar surface area (TPSA) is 26.0 Å². The average Bonchev–Trinajstić information content (AvgIpc) is 1.96. The third kappa shape index (κ3) is 11.1. The van der Waals surface area contributed by atoms with Crippen molar-refractivity contribution in [2.45, 2.75) is 37.2 Å². The number of hydrogen-bond donors (Lipinski definition) is 1. The third-order valence-corrected chi connectivity index (χ3v) is 7.75. The van der Waals surface area contributed by atoms with Crippen molar-refractivity contribution in [1.29, 1.82) is 0 Å². The summed E-state index contributed by atoms with van der Waals surface area (Å²) in [5, 5.41) is 0. The minimum absolute atomic E-state index is 0.0180. The van der Waals surface area contributed by atoms with E-state index in [1.54, 1.807) is 0 Å². The molecule has 1 nitrogen and oxygen atoms in total. The van der Waals surface area contributed by atoms with Crippen LogP contribution in [0.15, 0.2) is 0 Å². The molecule has 1 atom stereocenters. The summed E-state index contributed by atoms with van der Waals surface area (Å²) >= 11 is 2.13. The van der Waals surface area contributed by atoms with Gasteiger partial charge in [0.25, 0.3) is 0 Å². The Bertz CT molecular complexity index is 78.5. The Hall–Kier alpha value is 1.11. The zero-order valence-corrected chi connectivity index (χ0v) is 11.3. The summed E-state index contributed by atoms with van der Waals surface area (Å²) in [6.45, 7) is 4.35. The van der Waals surface area contributed by atoms with Crippen LogP contribution in [0.4, 0.5) is 0 Å². The van der Waals surface area contributed by atoms with Crippen molar-refractivity contribution in [3.63, 3.8) is 0 Å². The van der Waals surface area contributed by atoms with Gasteiger partial charge < -0.3 is 0 Å². The first-order valence-electron chi connectivity index (χ1n) is 4.31. The maximum atomic E-state index is 5.65. The molecule has 0 amide bonds. The van der Waals surface area contributed by atoms with Crippen molar-refractivity contribution >= 4 is 32.9 Å². The van der Waals surface area contributed by atoms with Crippen LogP contribution in [0.2, 0.25) is 4.44 Å². The summed E-state index contributed by atoms with van der Waals surface area (Å²) in [5.41, 5.74) is 5.65. The fourth-order valence-electron chi connectivity index (χ4n) is 0.795. The van der Waals surface area contributed by atoms with Gasteiger partial charge in [0.2, 0.25) is 0 Å². The molecule has 0 aliphatic rings. The Kier molecular flexibility index (Phi) is 10.1. The van der Waals surface area contributed by atoms with Gasteiger partial charge in [-0.1, -0.05) is 0 Å². The van der Waals surface area contributed by atoms with Gasteiger partial charge in [0.15, 0.2) is 0 Å². The van der Waals surface area contributed by atoms with Gasteiger partial charge in [0, 0.05) is 0 Å². The van der Waals surface area contributed by atoms with Crippen LogP contribution in [0.25, 0.3) is 0 Å². The van der Waals surface area contributed by atoms with Gasteiger partial charge in [-0.3, -0.25) is 0 Å². The molecule has 0 radical (unpaired) electrons. The van der Waals surface area contributed by atoms with E-state index in [0.717, 1.165) is 0 Å². The van der Waals surface area contributed by atoms with Crippen molar-refractivity contribution in [3.8, 4) is 0 Å². The molecule has 0 saturated heterocycles. The predicted octanol–water partition coefficient (Wildman–Crippen LogP) is 1.95. The molecule has 0 aliphatic carbocycles. The standard InChI is InChI=1S/C5H12N.C3H7S.Sn/c1-3-4-5(2)6;1-3-4-2;/h5H,1,3-4,6H2,2H3;2-3H2,1H3;/q;;+2. The van der Waals surface area contributed by atoms with Gasteiger partial charge >= 0.3 is 85.3 Å². The summed E-state index contributed by atoms with van der Waals surface area (Å²) in [7, 11) is 0. The normalized spacial score (nSPS) is 12.6. The molecule has 0 aromatic heterocycles. The van der Waals surface area contributed by atoms with E-state index < -0.39 is 0 Å². The Balaban J connectivity index is 2.80. The molecule has 3 heteroatoms. The van der Waals surface area contributed by atoms with Crippen molar-refractivity contribution in [3.05, 3.63) is 0 Å². The molecule has 0 aromatic rings. The fraction of sp³-hybridized carbons (Fsp3) is 1.00. The monoisotopic (exact) mass is 281 g/mol. The van der Waals surface area contributed by atoms with E-state index in [0.29, 0.717) is 6.04 Å². The van der Waals surface area contributed by atoms with E-state index in [9.17, 15) is 0 Å². The number of rotatable bonds is 7. The number of nitrogens with two attached hydrogens (primary N) is 1. The Morgan fingerprint density at radius 3 is 2.82 bits per heavy atom. The maximum absolute atomic E-state index is 5.65. The van der Waals surface area contributed by atoms with Crippen LogP contribution in [0.1, 0.15) is 26.7 Å². The Labute approximate surface area is 85.1 Å². The van der Waals surface area contributed by atoms with Crippen LogP contribution in [-0.4, -0.2) is 36.7 Å². The molecule has 0 spiro atoms. The van der Waals surface area contributed by atoms with Crippen LogP contribution in [0.3, 0.4) is 0 Å². The van der Waals surface area contributed by atoms with E-state index >= 15 is 0 Å². The Morgan fingerprint density at radius 2 is 2.27 bits per heavy atom. The molecule has 0 heterocycles. The second-order valence-corrected chi connectivity index (χ2v) is 9.36. The van der Waals surface area contributed by atoms with E-state index in [-0.39, 0.29) is 21.1 Å². The molecule has 0 bridgehead atoms. The average molecular weight is 280 g/mol. The summed E-state index contributed by atoms with van der Waals surface area (Å²) in [6, 6.07) is 0.424. The molecule has 64 valence electrons. The molecular formula is C8H19NSSn+2. The van der Waals surface area contributed by atoms with Crippen LogP contribution < -0.4 is 5.73 Å². The Morgan fingerprint density at radius 1 is 1.55 bits per heavy atom. The van der Waals surface area contributed by atoms with Crippen LogP contribution in [-0.2, 0) is 0 Å². The van der Waals surface area contributed by atoms with Gasteiger partial charge in [-0.2, -0.15) is 0 Å². The number of hydrogen-bond acceptors (Lipinski definition) is 2. The summed E-state index contributed by atoms with van der Waals surface area (Å²) in [4.78, 5) is 0. The minimum atomic E-state index is 0.0180. The predicted molar refractivity (Wildman–Crippen MR) is 56.4 cm³/mol. The quantitative estimate of drug-likeness (QED) is 0.569. The fourth-order valence-corrected chi connectivity index (χ4v) is 6.80. The van der Waals surface area contributed by atoms with Crippen LogP contribution in [0, 0.1) is 0 Å². The number of thioether (sulfide) groups is 1. The first-order chi connectivity index (χ1) is 5.27. The van der Waals surface area contributed by atoms with Crippen LogP contribution in [0.5, 0.6) is 0 Å². The van der Waals surface area contributed by atoms with Crippen molar-refractivity contribution in [2.24, 2.45) is 5.73 Å². The van der Waals surface area contributed by atoms with E-state index in [4.69, 9.17) is 5.73 Å². The summed E-state index contributed by atoms with van der Waals surface area (Å²) < 4.78 is 3.02. The molecule has 1 unspecified atom stereocenters. The van der Waals surface area contributed by atoms with Gasteiger partial charge in [-0.05, 0) is 0 Å². The third-order valence-electron chi connectivity index (χ3n) is 1.42.